The molecule has 0 amide bonds. The van der Waals surface area contributed by atoms with Gasteiger partial charge in [-0.15, -0.1) is 0 Å². The summed E-state index contributed by atoms with van der Waals surface area (Å²) in [4.78, 5) is 2.41. The highest BCUT2D eigenvalue weighted by Gasteiger charge is 2.27. The molecular formula is C11H23NO. The number of rotatable bonds is 2. The third kappa shape index (κ3) is 2.68. The summed E-state index contributed by atoms with van der Waals surface area (Å²) >= 11 is 0. The Hall–Kier alpha value is -0.0800. The van der Waals surface area contributed by atoms with E-state index in [2.05, 4.69) is 32.6 Å². The Labute approximate surface area is 81.9 Å². The fourth-order valence-corrected chi connectivity index (χ4v) is 1.86. The van der Waals surface area contributed by atoms with Crippen LogP contribution in [0.5, 0.6) is 0 Å². The Balaban J connectivity index is 2.45. The molecule has 0 aliphatic carbocycles. The molecule has 1 aliphatic rings. The number of aliphatic hydroxyl groups excluding tert-OH is 1. The first kappa shape index (κ1) is 11.0. The van der Waals surface area contributed by atoms with Crippen LogP contribution in [-0.2, 0) is 0 Å². The molecule has 1 fully saturated rings. The van der Waals surface area contributed by atoms with Gasteiger partial charge in [0.25, 0.3) is 0 Å². The summed E-state index contributed by atoms with van der Waals surface area (Å²) in [6, 6.07) is 0.599. The third-order valence-corrected chi connectivity index (χ3v) is 3.49. The van der Waals surface area contributed by atoms with Crippen molar-refractivity contribution in [3.63, 3.8) is 0 Å². The van der Waals surface area contributed by atoms with E-state index >= 15 is 0 Å². The summed E-state index contributed by atoms with van der Waals surface area (Å²) in [6.07, 6.45) is 1.02. The van der Waals surface area contributed by atoms with Crippen LogP contribution in [0.2, 0.25) is 0 Å². The largest absolute Gasteiger partial charge is 0.392 e. The molecule has 1 N–H and O–H groups in total. The van der Waals surface area contributed by atoms with Crippen LogP contribution < -0.4 is 0 Å². The lowest BCUT2D eigenvalue weighted by molar-refractivity contribution is 0.00476. The van der Waals surface area contributed by atoms with E-state index in [0.29, 0.717) is 17.9 Å². The SMILES string of the molecule is CC(C)C(C)N1CCC(C)C(O)C1. The molecule has 0 spiro atoms. The number of nitrogens with zero attached hydrogens (tertiary/aromatic N) is 1. The minimum atomic E-state index is -0.116. The molecule has 0 aromatic carbocycles. The molecule has 1 aliphatic heterocycles. The minimum absolute atomic E-state index is 0.116. The molecule has 1 heterocycles. The highest BCUT2D eigenvalue weighted by molar-refractivity contribution is 4.81. The van der Waals surface area contributed by atoms with Gasteiger partial charge in [0.05, 0.1) is 6.10 Å². The van der Waals surface area contributed by atoms with Crippen molar-refractivity contribution in [1.29, 1.82) is 0 Å². The van der Waals surface area contributed by atoms with E-state index in [1.165, 1.54) is 0 Å². The highest BCUT2D eigenvalue weighted by atomic mass is 16.3. The molecule has 0 bridgehead atoms. The Morgan fingerprint density at radius 1 is 1.31 bits per heavy atom. The van der Waals surface area contributed by atoms with Gasteiger partial charge in [-0.25, -0.2) is 0 Å². The summed E-state index contributed by atoms with van der Waals surface area (Å²) in [5, 5.41) is 9.74. The normalized spacial score (nSPS) is 33.7. The van der Waals surface area contributed by atoms with Crippen molar-refractivity contribution in [2.45, 2.75) is 46.3 Å². The first-order valence-electron chi connectivity index (χ1n) is 5.44. The maximum atomic E-state index is 9.74. The maximum absolute atomic E-state index is 9.74. The zero-order chi connectivity index (χ0) is 10.0. The van der Waals surface area contributed by atoms with Crippen molar-refractivity contribution in [2.24, 2.45) is 11.8 Å². The van der Waals surface area contributed by atoms with Gasteiger partial charge in [0.2, 0.25) is 0 Å². The molecule has 13 heavy (non-hydrogen) atoms. The van der Waals surface area contributed by atoms with Crippen LogP contribution in [0.3, 0.4) is 0 Å². The summed E-state index contributed by atoms with van der Waals surface area (Å²) in [6.45, 7) is 10.9. The van der Waals surface area contributed by atoms with Crippen molar-refractivity contribution in [2.75, 3.05) is 13.1 Å². The van der Waals surface area contributed by atoms with E-state index in [-0.39, 0.29) is 6.10 Å². The van der Waals surface area contributed by atoms with Crippen molar-refractivity contribution in [3.05, 3.63) is 0 Å². The van der Waals surface area contributed by atoms with Gasteiger partial charge >= 0.3 is 0 Å². The van der Waals surface area contributed by atoms with E-state index in [9.17, 15) is 5.11 Å². The highest BCUT2D eigenvalue weighted by Crippen LogP contribution is 2.21. The second-order valence-corrected chi connectivity index (χ2v) is 4.81. The van der Waals surface area contributed by atoms with Crippen molar-refractivity contribution >= 4 is 0 Å². The molecule has 1 saturated heterocycles. The van der Waals surface area contributed by atoms with Crippen molar-refractivity contribution < 1.29 is 5.11 Å². The summed E-state index contributed by atoms with van der Waals surface area (Å²) in [5.74, 6) is 1.16. The van der Waals surface area contributed by atoms with Gasteiger partial charge in [-0.05, 0) is 31.7 Å². The topological polar surface area (TPSA) is 23.5 Å². The number of hydrogen-bond acceptors (Lipinski definition) is 2. The van der Waals surface area contributed by atoms with Crippen LogP contribution in [-0.4, -0.2) is 35.2 Å². The molecule has 3 unspecified atom stereocenters. The smallest absolute Gasteiger partial charge is 0.0693 e. The van der Waals surface area contributed by atoms with Crippen molar-refractivity contribution in [3.8, 4) is 0 Å². The molecule has 0 radical (unpaired) electrons. The lowest BCUT2D eigenvalue weighted by Gasteiger charge is -2.39. The summed E-state index contributed by atoms with van der Waals surface area (Å²) in [7, 11) is 0. The Morgan fingerprint density at radius 3 is 2.38 bits per heavy atom. The predicted octanol–water partition coefficient (Wildman–Crippen LogP) is 1.73. The van der Waals surface area contributed by atoms with Gasteiger partial charge in [-0.2, -0.15) is 0 Å². The number of piperidine rings is 1. The maximum Gasteiger partial charge on any atom is 0.0693 e. The van der Waals surface area contributed by atoms with E-state index in [4.69, 9.17) is 0 Å². The van der Waals surface area contributed by atoms with Gasteiger partial charge < -0.3 is 5.11 Å². The van der Waals surface area contributed by atoms with Crippen LogP contribution in [0.25, 0.3) is 0 Å². The third-order valence-electron chi connectivity index (χ3n) is 3.49. The molecule has 0 aromatic heterocycles. The fraction of sp³-hybridized carbons (Fsp3) is 1.00. The second-order valence-electron chi connectivity index (χ2n) is 4.81. The van der Waals surface area contributed by atoms with Gasteiger partial charge in [-0.3, -0.25) is 4.90 Å². The van der Waals surface area contributed by atoms with E-state index in [1.807, 2.05) is 0 Å². The van der Waals surface area contributed by atoms with E-state index in [0.717, 1.165) is 19.5 Å². The first-order chi connectivity index (χ1) is 6.02. The number of aliphatic hydroxyl groups is 1. The molecule has 2 heteroatoms. The average molecular weight is 185 g/mol. The lowest BCUT2D eigenvalue weighted by Crippen LogP contribution is -2.48. The number of likely N-dealkylation sites (tertiary alicyclic amines) is 1. The molecular weight excluding hydrogens is 162 g/mol. The standard InChI is InChI=1S/C11H23NO/c1-8(2)10(4)12-6-5-9(3)11(13)7-12/h8-11,13H,5-7H2,1-4H3. The average Bonchev–Trinajstić information content (AvgIpc) is 2.08. The van der Waals surface area contributed by atoms with E-state index in [1.54, 1.807) is 0 Å². The van der Waals surface area contributed by atoms with Crippen LogP contribution in [0.1, 0.15) is 34.1 Å². The van der Waals surface area contributed by atoms with Crippen molar-refractivity contribution in [1.82, 2.24) is 4.90 Å². The second kappa shape index (κ2) is 4.43. The molecule has 78 valence electrons. The minimum Gasteiger partial charge on any atom is -0.392 e. The first-order valence-corrected chi connectivity index (χ1v) is 5.44. The molecule has 2 nitrogen and oxygen atoms in total. The Kier molecular flexibility index (Phi) is 3.74. The lowest BCUT2D eigenvalue weighted by atomic mass is 9.93. The Morgan fingerprint density at radius 2 is 1.92 bits per heavy atom. The number of β-amino-alcohol motifs (C(OH)–C–C–N with tert-alkyl or cyclic N) is 1. The summed E-state index contributed by atoms with van der Waals surface area (Å²) in [5.41, 5.74) is 0. The summed E-state index contributed by atoms with van der Waals surface area (Å²) < 4.78 is 0. The number of hydrogen-bond donors (Lipinski definition) is 1. The Bertz CT molecular complexity index is 158. The monoisotopic (exact) mass is 185 g/mol. The van der Waals surface area contributed by atoms with Crippen LogP contribution in [0, 0.1) is 11.8 Å². The van der Waals surface area contributed by atoms with E-state index < -0.39 is 0 Å². The van der Waals surface area contributed by atoms with Crippen LogP contribution in [0.15, 0.2) is 0 Å². The molecule has 1 rings (SSSR count). The van der Waals surface area contributed by atoms with Gasteiger partial charge in [0.1, 0.15) is 0 Å². The fourth-order valence-electron chi connectivity index (χ4n) is 1.86. The molecule has 3 atom stereocenters. The zero-order valence-corrected chi connectivity index (χ0v) is 9.33. The quantitative estimate of drug-likeness (QED) is 0.708. The van der Waals surface area contributed by atoms with Gasteiger partial charge in [0.15, 0.2) is 0 Å². The van der Waals surface area contributed by atoms with Crippen LogP contribution in [0.4, 0.5) is 0 Å². The zero-order valence-electron chi connectivity index (χ0n) is 9.33. The van der Waals surface area contributed by atoms with Gasteiger partial charge in [0, 0.05) is 12.6 Å². The molecule has 0 aromatic rings. The molecule has 0 saturated carbocycles. The predicted molar refractivity (Wildman–Crippen MR) is 55.7 cm³/mol. The van der Waals surface area contributed by atoms with Crippen LogP contribution >= 0.6 is 0 Å². The van der Waals surface area contributed by atoms with Gasteiger partial charge in [-0.1, -0.05) is 20.8 Å².